The monoisotopic (exact) mass is 299 g/mol. The van der Waals surface area contributed by atoms with E-state index in [1.165, 1.54) is 24.1 Å². The van der Waals surface area contributed by atoms with E-state index in [9.17, 15) is 0 Å². The summed E-state index contributed by atoms with van der Waals surface area (Å²) in [6, 6.07) is 0.705. The first kappa shape index (κ1) is 15.1. The lowest BCUT2D eigenvalue weighted by Crippen LogP contribution is -2.25. The molecule has 0 aliphatic heterocycles. The van der Waals surface area contributed by atoms with E-state index in [4.69, 9.17) is 0 Å². The smallest absolute Gasteiger partial charge is 0.185 e. The van der Waals surface area contributed by atoms with Crippen LogP contribution >= 0.6 is 23.1 Å². The topological polar surface area (TPSA) is 28.2 Å². The lowest BCUT2D eigenvalue weighted by molar-refractivity contribution is 0.528. The Balaban J connectivity index is 1.80. The summed E-state index contributed by atoms with van der Waals surface area (Å²) < 4.78 is 0. The third-order valence-electron chi connectivity index (χ3n) is 3.86. The number of hydrogen-bond donors (Lipinski definition) is 1. The molecule has 1 aromatic rings. The Labute approximate surface area is 125 Å². The van der Waals surface area contributed by atoms with Gasteiger partial charge in [-0.1, -0.05) is 0 Å². The summed E-state index contributed by atoms with van der Waals surface area (Å²) in [6.07, 6.45) is 8.28. The average Bonchev–Trinajstić information content (AvgIpc) is 3.06. The van der Waals surface area contributed by atoms with Gasteiger partial charge in [-0.05, 0) is 39.4 Å². The van der Waals surface area contributed by atoms with Gasteiger partial charge in [0.15, 0.2) is 5.13 Å². The lowest BCUT2D eigenvalue weighted by atomic mass is 10.2. The first-order chi connectivity index (χ1) is 9.26. The maximum absolute atomic E-state index is 4.53. The first-order valence-corrected chi connectivity index (χ1v) is 9.33. The molecule has 2 rings (SSSR count). The minimum atomic E-state index is 0.705. The van der Waals surface area contributed by atoms with Gasteiger partial charge in [-0.25, -0.2) is 4.98 Å². The molecule has 1 aliphatic rings. The van der Waals surface area contributed by atoms with E-state index in [0.29, 0.717) is 6.04 Å². The van der Waals surface area contributed by atoms with Crippen molar-refractivity contribution in [2.45, 2.75) is 50.9 Å². The van der Waals surface area contributed by atoms with Gasteiger partial charge in [0.1, 0.15) is 0 Å². The second kappa shape index (κ2) is 7.50. The zero-order chi connectivity index (χ0) is 13.7. The van der Waals surface area contributed by atoms with Gasteiger partial charge in [-0.3, -0.25) is 0 Å². The summed E-state index contributed by atoms with van der Waals surface area (Å²) >= 11 is 3.84. The molecule has 3 nitrogen and oxygen atoms in total. The van der Waals surface area contributed by atoms with E-state index in [-0.39, 0.29) is 0 Å². The molecule has 0 bridgehead atoms. The molecular weight excluding hydrogens is 274 g/mol. The summed E-state index contributed by atoms with van der Waals surface area (Å²) in [5.74, 6) is 0. The number of hydrogen-bond acceptors (Lipinski definition) is 5. The van der Waals surface area contributed by atoms with Gasteiger partial charge in [0.25, 0.3) is 0 Å². The van der Waals surface area contributed by atoms with Crippen molar-refractivity contribution in [3.05, 3.63) is 11.1 Å². The Morgan fingerprint density at radius 1 is 1.42 bits per heavy atom. The van der Waals surface area contributed by atoms with E-state index in [2.05, 4.69) is 35.3 Å². The second-order valence-corrected chi connectivity index (χ2v) is 7.26. The van der Waals surface area contributed by atoms with Crippen molar-refractivity contribution in [2.24, 2.45) is 0 Å². The number of anilines is 1. The summed E-state index contributed by atoms with van der Waals surface area (Å²) in [6.45, 7) is 7.42. The standard InChI is InChI=1S/C14H25N3S2/c1-4-17(5-2)14-16-10-13(19-14)9-15-11-6-7-12(8-11)18-3/h10-12,15H,4-9H2,1-3H3. The van der Waals surface area contributed by atoms with Crippen LogP contribution in [0.25, 0.3) is 0 Å². The fourth-order valence-electron chi connectivity index (χ4n) is 2.60. The molecule has 5 heteroatoms. The maximum atomic E-state index is 4.53. The Morgan fingerprint density at radius 2 is 2.21 bits per heavy atom. The molecule has 0 amide bonds. The molecule has 1 aliphatic carbocycles. The zero-order valence-corrected chi connectivity index (χ0v) is 13.8. The van der Waals surface area contributed by atoms with Gasteiger partial charge in [0.2, 0.25) is 0 Å². The van der Waals surface area contributed by atoms with E-state index in [1.54, 1.807) is 0 Å². The minimum absolute atomic E-state index is 0.705. The van der Waals surface area contributed by atoms with E-state index in [0.717, 1.165) is 30.0 Å². The molecule has 0 spiro atoms. The fraction of sp³-hybridized carbons (Fsp3) is 0.786. The van der Waals surface area contributed by atoms with Crippen LogP contribution in [-0.2, 0) is 6.54 Å². The summed E-state index contributed by atoms with van der Waals surface area (Å²) in [4.78, 5) is 8.20. The van der Waals surface area contributed by atoms with Gasteiger partial charge < -0.3 is 10.2 Å². The Morgan fingerprint density at radius 3 is 2.84 bits per heavy atom. The minimum Gasteiger partial charge on any atom is -0.349 e. The normalized spacial score (nSPS) is 22.9. The molecule has 0 saturated heterocycles. The van der Waals surface area contributed by atoms with Crippen molar-refractivity contribution in [1.29, 1.82) is 0 Å². The summed E-state index contributed by atoms with van der Waals surface area (Å²) in [5.41, 5.74) is 0. The number of thioether (sulfide) groups is 1. The molecule has 0 radical (unpaired) electrons. The Kier molecular flexibility index (Phi) is 5.98. The van der Waals surface area contributed by atoms with Gasteiger partial charge in [0.05, 0.1) is 0 Å². The number of nitrogens with one attached hydrogen (secondary N) is 1. The predicted octanol–water partition coefficient (Wildman–Crippen LogP) is 3.36. The Hall–Kier alpha value is -0.260. The molecule has 108 valence electrons. The van der Waals surface area contributed by atoms with Crippen LogP contribution in [0.5, 0.6) is 0 Å². The molecule has 2 atom stereocenters. The van der Waals surface area contributed by atoms with Crippen molar-refractivity contribution < 1.29 is 0 Å². The van der Waals surface area contributed by atoms with Gasteiger partial charge in [0, 0.05) is 42.0 Å². The number of rotatable bonds is 7. The van der Waals surface area contributed by atoms with Crippen LogP contribution in [0.1, 0.15) is 38.0 Å². The quantitative estimate of drug-likeness (QED) is 0.835. The SMILES string of the molecule is CCN(CC)c1ncc(CNC2CCC(SC)C2)s1. The first-order valence-electron chi connectivity index (χ1n) is 7.22. The van der Waals surface area contributed by atoms with Crippen molar-refractivity contribution in [3.8, 4) is 0 Å². The second-order valence-electron chi connectivity index (χ2n) is 5.03. The highest BCUT2D eigenvalue weighted by Gasteiger charge is 2.23. The van der Waals surface area contributed by atoms with Gasteiger partial charge in [-0.15, -0.1) is 11.3 Å². The third-order valence-corrected chi connectivity index (χ3v) is 6.01. The van der Waals surface area contributed by atoms with Crippen LogP contribution in [0.2, 0.25) is 0 Å². The fourth-order valence-corrected chi connectivity index (χ4v) is 4.39. The van der Waals surface area contributed by atoms with Gasteiger partial charge in [-0.2, -0.15) is 11.8 Å². The highest BCUT2D eigenvalue weighted by atomic mass is 32.2. The molecular formula is C14H25N3S2. The van der Waals surface area contributed by atoms with E-state index in [1.807, 2.05) is 29.3 Å². The molecule has 1 aromatic heterocycles. The molecule has 19 heavy (non-hydrogen) atoms. The van der Waals surface area contributed by atoms with Crippen LogP contribution in [0.4, 0.5) is 5.13 Å². The molecule has 1 saturated carbocycles. The predicted molar refractivity (Wildman–Crippen MR) is 87.5 cm³/mol. The van der Waals surface area contributed by atoms with Crippen molar-refractivity contribution in [2.75, 3.05) is 24.2 Å². The highest BCUT2D eigenvalue weighted by molar-refractivity contribution is 7.99. The van der Waals surface area contributed by atoms with Crippen LogP contribution in [-0.4, -0.2) is 35.6 Å². The van der Waals surface area contributed by atoms with Gasteiger partial charge >= 0.3 is 0 Å². The Bertz CT molecular complexity index is 377. The summed E-state index contributed by atoms with van der Waals surface area (Å²) in [7, 11) is 0. The van der Waals surface area contributed by atoms with Crippen molar-refractivity contribution in [3.63, 3.8) is 0 Å². The average molecular weight is 300 g/mol. The highest BCUT2D eigenvalue weighted by Crippen LogP contribution is 2.29. The summed E-state index contributed by atoms with van der Waals surface area (Å²) in [5, 5.41) is 5.72. The molecule has 0 aromatic carbocycles. The van der Waals surface area contributed by atoms with Crippen LogP contribution in [0.3, 0.4) is 0 Å². The van der Waals surface area contributed by atoms with E-state index >= 15 is 0 Å². The molecule has 1 fully saturated rings. The maximum Gasteiger partial charge on any atom is 0.185 e. The van der Waals surface area contributed by atoms with Crippen LogP contribution in [0, 0.1) is 0 Å². The van der Waals surface area contributed by atoms with Crippen molar-refractivity contribution >= 4 is 28.2 Å². The van der Waals surface area contributed by atoms with Crippen LogP contribution in [0.15, 0.2) is 6.20 Å². The number of nitrogens with zero attached hydrogens (tertiary/aromatic N) is 2. The molecule has 1 heterocycles. The number of aromatic nitrogens is 1. The third kappa shape index (κ3) is 4.10. The van der Waals surface area contributed by atoms with Crippen molar-refractivity contribution in [1.82, 2.24) is 10.3 Å². The zero-order valence-electron chi connectivity index (χ0n) is 12.2. The molecule has 2 unspecified atom stereocenters. The number of thiazole rings is 1. The lowest BCUT2D eigenvalue weighted by Gasteiger charge is -2.16. The largest absolute Gasteiger partial charge is 0.349 e. The van der Waals surface area contributed by atoms with E-state index < -0.39 is 0 Å². The van der Waals surface area contributed by atoms with Crippen LogP contribution < -0.4 is 10.2 Å². The molecule has 1 N–H and O–H groups in total.